The Labute approximate surface area is 277 Å². The monoisotopic (exact) mass is 625 g/mol. The molecule has 0 aromatic rings. The van der Waals surface area contributed by atoms with E-state index in [2.05, 4.69) is 94.4 Å². The van der Waals surface area contributed by atoms with Crippen molar-refractivity contribution >= 4 is 8.32 Å². The molecular formula is C42H76OSi. The van der Waals surface area contributed by atoms with Gasteiger partial charge in [-0.15, -0.1) is 0 Å². The summed E-state index contributed by atoms with van der Waals surface area (Å²) in [5, 5.41) is 0. The van der Waals surface area contributed by atoms with Gasteiger partial charge < -0.3 is 4.43 Å². The Morgan fingerprint density at radius 3 is 2.07 bits per heavy atom. The second kappa shape index (κ2) is 15.3. The van der Waals surface area contributed by atoms with Crippen LogP contribution in [0.4, 0.5) is 0 Å². The Hall–Kier alpha value is -0.343. The quantitative estimate of drug-likeness (QED) is 0.130. The molecule has 3 saturated carbocycles. The van der Waals surface area contributed by atoms with E-state index in [0.717, 1.165) is 35.5 Å². The molecule has 1 nitrogen and oxygen atoms in total. The summed E-state index contributed by atoms with van der Waals surface area (Å²) in [4.78, 5) is 0. The molecular weight excluding hydrogens is 549 g/mol. The van der Waals surface area contributed by atoms with Crippen LogP contribution in [0.25, 0.3) is 0 Å². The van der Waals surface area contributed by atoms with Gasteiger partial charge in [-0.25, -0.2) is 0 Å². The minimum Gasteiger partial charge on any atom is -0.413 e. The number of fused-ring (bicyclic) bond motifs is 5. The topological polar surface area (TPSA) is 9.23 Å². The fourth-order valence-corrected chi connectivity index (χ4v) is 17.9. The third-order valence-electron chi connectivity index (χ3n) is 14.7. The Morgan fingerprint density at radius 1 is 0.841 bits per heavy atom. The average molecular weight is 625 g/mol. The molecule has 0 heterocycles. The highest BCUT2D eigenvalue weighted by molar-refractivity contribution is 6.77. The third kappa shape index (κ3) is 7.07. The summed E-state index contributed by atoms with van der Waals surface area (Å²) in [7, 11) is -1.84. The molecule has 254 valence electrons. The van der Waals surface area contributed by atoms with Gasteiger partial charge in [-0.3, -0.25) is 0 Å². The largest absolute Gasteiger partial charge is 0.413 e. The smallest absolute Gasteiger partial charge is 0.200 e. The Bertz CT molecular complexity index is 931. The zero-order valence-electron chi connectivity index (χ0n) is 31.5. The molecule has 0 saturated heterocycles. The van der Waals surface area contributed by atoms with Crippen molar-refractivity contribution in [1.29, 1.82) is 0 Å². The molecule has 0 aromatic carbocycles. The lowest BCUT2D eigenvalue weighted by molar-refractivity contribution is -0.0534. The highest BCUT2D eigenvalue weighted by Crippen LogP contribution is 2.67. The molecule has 0 amide bonds. The van der Waals surface area contributed by atoms with Crippen LogP contribution in [0, 0.1) is 46.3 Å². The second-order valence-electron chi connectivity index (χ2n) is 18.0. The first-order valence-electron chi connectivity index (χ1n) is 19.9. The minimum absolute atomic E-state index is 0.414. The van der Waals surface area contributed by atoms with Crippen LogP contribution < -0.4 is 0 Å². The zero-order chi connectivity index (χ0) is 32.3. The number of unbranched alkanes of at least 4 members (excludes halogenated alkanes) is 2. The lowest BCUT2D eigenvalue weighted by atomic mass is 9.47. The summed E-state index contributed by atoms with van der Waals surface area (Å²) in [6.45, 7) is 27.4. The number of rotatable bonds is 15. The molecule has 4 aliphatic carbocycles. The Kier molecular flexibility index (Phi) is 12.7. The van der Waals surface area contributed by atoms with Gasteiger partial charge in [0.05, 0.1) is 0 Å². The van der Waals surface area contributed by atoms with Crippen LogP contribution in [-0.2, 0) is 4.43 Å². The SMILES string of the molecule is CCCCC(C/C=C/[C@@H](C)[C@H]1CC[C@H]2[C@@H]3CC=C4C[C@@H](O[Si](C(C)C)(C(C)C)C(C)C)CC[C@]4(C)[C@H]3CC[C@]12C)CCCC. The van der Waals surface area contributed by atoms with Crippen LogP contribution in [0.1, 0.15) is 172 Å². The van der Waals surface area contributed by atoms with E-state index < -0.39 is 8.32 Å². The molecule has 2 heteroatoms. The second-order valence-corrected chi connectivity index (χ2v) is 23.4. The highest BCUT2D eigenvalue weighted by atomic mass is 28.4. The van der Waals surface area contributed by atoms with Crippen molar-refractivity contribution in [1.82, 2.24) is 0 Å². The van der Waals surface area contributed by atoms with E-state index in [4.69, 9.17) is 4.43 Å². The van der Waals surface area contributed by atoms with Crippen molar-refractivity contribution in [2.75, 3.05) is 0 Å². The van der Waals surface area contributed by atoms with Crippen molar-refractivity contribution in [3.05, 3.63) is 23.8 Å². The first kappa shape index (κ1) is 36.5. The van der Waals surface area contributed by atoms with Gasteiger partial charge in [-0.2, -0.15) is 0 Å². The first-order valence-corrected chi connectivity index (χ1v) is 22.0. The lowest BCUT2D eigenvalue weighted by Crippen LogP contribution is -2.53. The fraction of sp³-hybridized carbons (Fsp3) is 0.905. The van der Waals surface area contributed by atoms with E-state index in [1.807, 2.05) is 0 Å². The van der Waals surface area contributed by atoms with Crippen LogP contribution >= 0.6 is 0 Å². The van der Waals surface area contributed by atoms with Gasteiger partial charge in [-0.1, -0.05) is 138 Å². The standard InChI is InChI=1S/C42H76OSi/c1-12-14-18-34(19-15-13-2)20-16-17-33(9)38-23-24-39-37-22-21-35-29-36(43-44(30(3)4,31(5)6)32(7)8)25-27-41(35,10)40(37)26-28-42(38,39)11/h16-17,21,30-34,36-40H,12-15,18-20,22-29H2,1-11H3/b17-16+/t33-,36+,37+,38-,39+,40+,41+,42-/m1/s1. The lowest BCUT2D eigenvalue weighted by Gasteiger charge is -2.59. The summed E-state index contributed by atoms with van der Waals surface area (Å²) in [5.74, 6) is 5.23. The number of hydrogen-bond donors (Lipinski definition) is 0. The van der Waals surface area contributed by atoms with Crippen molar-refractivity contribution in [2.24, 2.45) is 46.3 Å². The molecule has 3 fully saturated rings. The number of hydrogen-bond acceptors (Lipinski definition) is 1. The molecule has 8 atom stereocenters. The van der Waals surface area contributed by atoms with Gasteiger partial charge >= 0.3 is 0 Å². The average Bonchev–Trinajstić information content (AvgIpc) is 3.33. The van der Waals surface area contributed by atoms with Crippen molar-refractivity contribution in [3.8, 4) is 0 Å². The van der Waals surface area contributed by atoms with Gasteiger partial charge in [-0.05, 0) is 121 Å². The molecule has 0 aliphatic heterocycles. The van der Waals surface area contributed by atoms with Gasteiger partial charge in [0.2, 0.25) is 8.32 Å². The van der Waals surface area contributed by atoms with E-state index in [0.29, 0.717) is 33.6 Å². The molecule has 44 heavy (non-hydrogen) atoms. The highest BCUT2D eigenvalue weighted by Gasteiger charge is 2.59. The van der Waals surface area contributed by atoms with E-state index in [-0.39, 0.29) is 0 Å². The third-order valence-corrected chi connectivity index (χ3v) is 20.8. The van der Waals surface area contributed by atoms with Crippen LogP contribution in [0.2, 0.25) is 16.6 Å². The molecule has 0 aromatic heterocycles. The number of allylic oxidation sites excluding steroid dienone is 3. The normalized spacial score (nSPS) is 35.0. The van der Waals surface area contributed by atoms with Crippen LogP contribution in [0.5, 0.6) is 0 Å². The van der Waals surface area contributed by atoms with Crippen LogP contribution in [0.15, 0.2) is 23.8 Å². The molecule has 0 spiro atoms. The molecule has 0 bridgehead atoms. The van der Waals surface area contributed by atoms with Crippen LogP contribution in [0.3, 0.4) is 0 Å². The van der Waals surface area contributed by atoms with E-state index in [9.17, 15) is 0 Å². The summed E-state index contributed by atoms with van der Waals surface area (Å²) < 4.78 is 7.40. The van der Waals surface area contributed by atoms with E-state index in [1.165, 1.54) is 96.3 Å². The predicted molar refractivity (Wildman–Crippen MR) is 197 cm³/mol. The maximum Gasteiger partial charge on any atom is 0.200 e. The predicted octanol–water partition coefficient (Wildman–Crippen LogP) is 13.7. The van der Waals surface area contributed by atoms with Crippen molar-refractivity contribution < 1.29 is 4.43 Å². The van der Waals surface area contributed by atoms with Gasteiger partial charge in [0.15, 0.2) is 0 Å². The fourth-order valence-electron chi connectivity index (χ4n) is 12.3. The molecule has 0 N–H and O–H groups in total. The molecule has 0 radical (unpaired) electrons. The summed E-state index contributed by atoms with van der Waals surface area (Å²) in [6.07, 6.45) is 29.2. The Morgan fingerprint density at radius 2 is 1.48 bits per heavy atom. The summed E-state index contributed by atoms with van der Waals surface area (Å²) in [6, 6.07) is 0. The van der Waals surface area contributed by atoms with Gasteiger partial charge in [0.1, 0.15) is 0 Å². The molecule has 4 rings (SSSR count). The molecule has 4 aliphatic rings. The van der Waals surface area contributed by atoms with Gasteiger partial charge in [0, 0.05) is 6.10 Å². The maximum atomic E-state index is 7.40. The van der Waals surface area contributed by atoms with Crippen molar-refractivity contribution in [3.63, 3.8) is 0 Å². The van der Waals surface area contributed by atoms with Crippen molar-refractivity contribution in [2.45, 2.75) is 195 Å². The van der Waals surface area contributed by atoms with E-state index in [1.54, 1.807) is 5.57 Å². The van der Waals surface area contributed by atoms with Crippen LogP contribution in [-0.4, -0.2) is 14.4 Å². The first-order chi connectivity index (χ1) is 20.8. The Balaban J connectivity index is 1.43. The maximum absolute atomic E-state index is 7.40. The minimum atomic E-state index is -1.84. The zero-order valence-corrected chi connectivity index (χ0v) is 32.5. The van der Waals surface area contributed by atoms with E-state index >= 15 is 0 Å². The molecule has 0 unspecified atom stereocenters. The summed E-state index contributed by atoms with van der Waals surface area (Å²) in [5.41, 5.74) is 4.77. The van der Waals surface area contributed by atoms with Gasteiger partial charge in [0.25, 0.3) is 0 Å². The summed E-state index contributed by atoms with van der Waals surface area (Å²) >= 11 is 0.